The molecule has 0 aliphatic heterocycles. The van der Waals surface area contributed by atoms with E-state index in [2.05, 4.69) is 15.4 Å². The Labute approximate surface area is 186 Å². The zero-order valence-electron chi connectivity index (χ0n) is 18.2. The molecule has 32 heavy (non-hydrogen) atoms. The van der Waals surface area contributed by atoms with Gasteiger partial charge in [0.2, 0.25) is 0 Å². The van der Waals surface area contributed by atoms with Gasteiger partial charge in [-0.05, 0) is 43.2 Å². The van der Waals surface area contributed by atoms with Gasteiger partial charge >= 0.3 is 5.97 Å². The predicted octanol–water partition coefficient (Wildman–Crippen LogP) is 3.32. The van der Waals surface area contributed by atoms with Crippen molar-refractivity contribution in [3.05, 3.63) is 65.6 Å². The van der Waals surface area contributed by atoms with Crippen LogP contribution in [0.1, 0.15) is 47.4 Å². The third-order valence-corrected chi connectivity index (χ3v) is 4.86. The van der Waals surface area contributed by atoms with Crippen LogP contribution >= 0.6 is 0 Å². The Morgan fingerprint density at radius 1 is 1.22 bits per heavy atom. The molecule has 0 aliphatic rings. The van der Waals surface area contributed by atoms with E-state index in [1.807, 2.05) is 13.0 Å². The van der Waals surface area contributed by atoms with Gasteiger partial charge in [0, 0.05) is 6.20 Å². The van der Waals surface area contributed by atoms with E-state index in [9.17, 15) is 14.7 Å². The predicted molar refractivity (Wildman–Crippen MR) is 117 cm³/mol. The van der Waals surface area contributed by atoms with Gasteiger partial charge < -0.3 is 19.9 Å². The van der Waals surface area contributed by atoms with Gasteiger partial charge in [-0.3, -0.25) is 9.59 Å². The highest BCUT2D eigenvalue weighted by Crippen LogP contribution is 2.31. The number of carboxylic acids is 1. The number of pyridine rings is 1. The fourth-order valence-electron chi connectivity index (χ4n) is 3.24. The van der Waals surface area contributed by atoms with Crippen molar-refractivity contribution in [3.63, 3.8) is 0 Å². The molecule has 0 spiro atoms. The van der Waals surface area contributed by atoms with Gasteiger partial charge in [0.15, 0.2) is 17.3 Å². The summed E-state index contributed by atoms with van der Waals surface area (Å²) in [6.45, 7) is 4.29. The number of nitrogens with zero attached hydrogens (tertiary/aromatic N) is 3. The number of rotatable bonds is 10. The second-order valence-corrected chi connectivity index (χ2v) is 7.13. The standard InChI is InChI=1S/C23H26N4O5/c1-4-11-32-19-9-8-16(12-20(19)31-3)18(13-22(28)29)26-23(30)17-14-25-27(15(17)2)21-7-5-6-10-24-21/h5-10,12,14,18H,4,11,13H2,1-3H3,(H,26,30)(H,28,29). The van der Waals surface area contributed by atoms with Gasteiger partial charge in [-0.1, -0.05) is 19.1 Å². The number of carboxylic acid groups (broad SMARTS) is 1. The van der Waals surface area contributed by atoms with Gasteiger partial charge in [-0.15, -0.1) is 0 Å². The first-order valence-electron chi connectivity index (χ1n) is 10.2. The summed E-state index contributed by atoms with van der Waals surface area (Å²) < 4.78 is 12.6. The maximum absolute atomic E-state index is 13.0. The Hall–Kier alpha value is -3.88. The Kier molecular flexibility index (Phi) is 7.43. The molecule has 9 heteroatoms. The number of benzene rings is 1. The van der Waals surface area contributed by atoms with Crippen LogP contribution in [0, 0.1) is 6.92 Å². The smallest absolute Gasteiger partial charge is 0.305 e. The summed E-state index contributed by atoms with van der Waals surface area (Å²) in [6, 6.07) is 9.76. The van der Waals surface area contributed by atoms with Crippen LogP contribution in [0.3, 0.4) is 0 Å². The number of aliphatic carboxylic acids is 1. The van der Waals surface area contributed by atoms with Gasteiger partial charge in [-0.25, -0.2) is 9.67 Å². The lowest BCUT2D eigenvalue weighted by molar-refractivity contribution is -0.137. The van der Waals surface area contributed by atoms with E-state index in [0.29, 0.717) is 40.7 Å². The normalized spacial score (nSPS) is 11.6. The summed E-state index contributed by atoms with van der Waals surface area (Å²) in [6.07, 6.45) is 3.63. The number of hydrogen-bond acceptors (Lipinski definition) is 6. The summed E-state index contributed by atoms with van der Waals surface area (Å²) in [5.74, 6) is 0.145. The van der Waals surface area contributed by atoms with E-state index < -0.39 is 17.9 Å². The fraction of sp³-hybridized carbons (Fsp3) is 0.304. The van der Waals surface area contributed by atoms with Crippen molar-refractivity contribution in [2.45, 2.75) is 32.7 Å². The molecule has 0 fully saturated rings. The van der Waals surface area contributed by atoms with Crippen molar-refractivity contribution in [1.29, 1.82) is 0 Å². The summed E-state index contributed by atoms with van der Waals surface area (Å²) in [7, 11) is 1.51. The lowest BCUT2D eigenvalue weighted by atomic mass is 10.0. The van der Waals surface area contributed by atoms with E-state index in [-0.39, 0.29) is 6.42 Å². The van der Waals surface area contributed by atoms with Crippen molar-refractivity contribution >= 4 is 11.9 Å². The molecule has 1 amide bonds. The first-order valence-corrected chi connectivity index (χ1v) is 10.2. The molecule has 3 aromatic rings. The minimum Gasteiger partial charge on any atom is -0.493 e. The van der Waals surface area contributed by atoms with Crippen LogP contribution in [0.25, 0.3) is 5.82 Å². The molecule has 1 unspecified atom stereocenters. The molecule has 3 rings (SSSR count). The number of methoxy groups -OCH3 is 1. The molecule has 1 atom stereocenters. The average Bonchev–Trinajstić information content (AvgIpc) is 3.18. The third-order valence-electron chi connectivity index (χ3n) is 4.86. The second-order valence-electron chi connectivity index (χ2n) is 7.13. The van der Waals surface area contributed by atoms with Crippen LogP contribution in [0.15, 0.2) is 48.8 Å². The van der Waals surface area contributed by atoms with Crippen LogP contribution in [0.4, 0.5) is 0 Å². The van der Waals surface area contributed by atoms with Crippen LogP contribution < -0.4 is 14.8 Å². The molecule has 0 aliphatic carbocycles. The maximum atomic E-state index is 13.0. The zero-order valence-corrected chi connectivity index (χ0v) is 18.2. The molecule has 2 heterocycles. The first-order chi connectivity index (χ1) is 15.4. The van der Waals surface area contributed by atoms with Crippen LogP contribution in [-0.4, -0.2) is 45.5 Å². The highest BCUT2D eigenvalue weighted by molar-refractivity contribution is 5.95. The van der Waals surface area contributed by atoms with Crippen molar-refractivity contribution in [3.8, 4) is 17.3 Å². The number of hydrogen-bond donors (Lipinski definition) is 2. The van der Waals surface area contributed by atoms with E-state index in [1.165, 1.54) is 13.3 Å². The molecular weight excluding hydrogens is 412 g/mol. The monoisotopic (exact) mass is 438 g/mol. The molecule has 168 valence electrons. The summed E-state index contributed by atoms with van der Waals surface area (Å²) in [5.41, 5.74) is 1.52. The highest BCUT2D eigenvalue weighted by atomic mass is 16.5. The van der Waals surface area contributed by atoms with Gasteiger partial charge in [0.1, 0.15) is 0 Å². The molecule has 1 aromatic carbocycles. The Morgan fingerprint density at radius 3 is 2.69 bits per heavy atom. The minimum absolute atomic E-state index is 0.294. The van der Waals surface area contributed by atoms with Gasteiger partial charge in [0.25, 0.3) is 5.91 Å². The van der Waals surface area contributed by atoms with Crippen LogP contribution in [0.2, 0.25) is 0 Å². The first kappa shape index (κ1) is 22.8. The molecule has 0 bridgehead atoms. The van der Waals surface area contributed by atoms with Gasteiger partial charge in [-0.2, -0.15) is 5.10 Å². The molecular formula is C23H26N4O5. The van der Waals surface area contributed by atoms with E-state index in [0.717, 1.165) is 6.42 Å². The summed E-state index contributed by atoms with van der Waals surface area (Å²) >= 11 is 0. The molecule has 0 saturated heterocycles. The van der Waals surface area contributed by atoms with E-state index in [1.54, 1.807) is 48.1 Å². The van der Waals surface area contributed by atoms with E-state index in [4.69, 9.17) is 9.47 Å². The number of aromatic nitrogens is 3. The quantitative estimate of drug-likeness (QED) is 0.499. The van der Waals surface area contributed by atoms with Gasteiger partial charge in [0.05, 0.1) is 43.6 Å². The number of nitrogens with one attached hydrogen (secondary N) is 1. The molecule has 9 nitrogen and oxygen atoms in total. The number of amides is 1. The third kappa shape index (κ3) is 5.23. The molecule has 2 aromatic heterocycles. The Morgan fingerprint density at radius 2 is 2.03 bits per heavy atom. The lowest BCUT2D eigenvalue weighted by Crippen LogP contribution is -2.30. The largest absolute Gasteiger partial charge is 0.493 e. The van der Waals surface area contributed by atoms with Crippen molar-refractivity contribution in [1.82, 2.24) is 20.1 Å². The molecule has 0 saturated carbocycles. The van der Waals surface area contributed by atoms with Crippen molar-refractivity contribution in [2.75, 3.05) is 13.7 Å². The number of carbonyl (C=O) groups is 2. The number of carbonyl (C=O) groups excluding carboxylic acids is 1. The molecule has 2 N–H and O–H groups in total. The number of ether oxygens (including phenoxy) is 2. The Balaban J connectivity index is 1.86. The topological polar surface area (TPSA) is 116 Å². The fourth-order valence-corrected chi connectivity index (χ4v) is 3.24. The molecule has 0 radical (unpaired) electrons. The van der Waals surface area contributed by atoms with E-state index >= 15 is 0 Å². The van der Waals surface area contributed by atoms with Crippen molar-refractivity contribution < 1.29 is 24.2 Å². The van der Waals surface area contributed by atoms with Crippen LogP contribution in [0.5, 0.6) is 11.5 Å². The Bertz CT molecular complexity index is 1080. The zero-order chi connectivity index (χ0) is 23.1. The van der Waals surface area contributed by atoms with Crippen LogP contribution in [-0.2, 0) is 4.79 Å². The summed E-state index contributed by atoms with van der Waals surface area (Å²) in [4.78, 5) is 28.7. The summed E-state index contributed by atoms with van der Waals surface area (Å²) in [5, 5.41) is 16.5. The van der Waals surface area contributed by atoms with Crippen molar-refractivity contribution in [2.24, 2.45) is 0 Å². The maximum Gasteiger partial charge on any atom is 0.305 e. The SMILES string of the molecule is CCCOc1ccc(C(CC(=O)O)NC(=O)c2cnn(-c3ccccn3)c2C)cc1OC. The second kappa shape index (κ2) is 10.4. The minimum atomic E-state index is -1.04. The average molecular weight is 438 g/mol. The highest BCUT2D eigenvalue weighted by Gasteiger charge is 2.23. The lowest BCUT2D eigenvalue weighted by Gasteiger charge is -2.19.